The molecule has 0 aliphatic carbocycles. The summed E-state index contributed by atoms with van der Waals surface area (Å²) in [5.41, 5.74) is 1.21. The number of benzene rings is 2. The lowest BCUT2D eigenvalue weighted by Crippen LogP contribution is -2.11. The predicted molar refractivity (Wildman–Crippen MR) is 121 cm³/mol. The fourth-order valence-corrected chi connectivity index (χ4v) is 5.70. The molecule has 0 atom stereocenters. The molecule has 0 radical (unpaired) electrons. The molecule has 0 aliphatic rings. The largest absolute Gasteiger partial charge is 0.485 e. The van der Waals surface area contributed by atoms with Gasteiger partial charge in [-0.25, -0.2) is 13.4 Å². The topological polar surface area (TPSA) is 93.6 Å². The Morgan fingerprint density at radius 1 is 1.13 bits per heavy atom. The van der Waals surface area contributed by atoms with Gasteiger partial charge in [0.1, 0.15) is 5.75 Å². The van der Waals surface area contributed by atoms with Gasteiger partial charge in [0.25, 0.3) is 0 Å². The second-order valence-corrected chi connectivity index (χ2v) is 10.7. The Morgan fingerprint density at radius 2 is 1.77 bits per heavy atom. The minimum Gasteiger partial charge on any atom is -0.485 e. The third-order valence-electron chi connectivity index (χ3n) is 4.30. The van der Waals surface area contributed by atoms with Crippen LogP contribution in [0.4, 0.5) is 0 Å². The zero-order valence-electron chi connectivity index (χ0n) is 16.5. The molecular weight excluding hydrogens is 481 g/mol. The van der Waals surface area contributed by atoms with Gasteiger partial charge in [0.05, 0.1) is 16.3 Å². The van der Waals surface area contributed by atoms with E-state index in [4.69, 9.17) is 33.0 Å². The molecule has 0 aliphatic heterocycles. The third-order valence-corrected chi connectivity index (χ3v) is 7.70. The van der Waals surface area contributed by atoms with E-state index in [1.165, 1.54) is 41.7 Å². The van der Waals surface area contributed by atoms with Crippen molar-refractivity contribution in [3.8, 4) is 5.75 Å². The van der Waals surface area contributed by atoms with E-state index in [-0.39, 0.29) is 29.6 Å². The van der Waals surface area contributed by atoms with Crippen molar-refractivity contribution >= 4 is 50.2 Å². The van der Waals surface area contributed by atoms with Crippen LogP contribution in [0.1, 0.15) is 25.9 Å². The van der Waals surface area contributed by atoms with Gasteiger partial charge in [-0.15, -0.1) is 11.3 Å². The number of carbonyl (C=O) groups excluding carboxylic acids is 1. The maximum absolute atomic E-state index is 12.7. The number of Topliss-reactive ketones (excluding diaryl/α,β-unsaturated/α-hetero) is 1. The fraction of sp³-hybridized carbons (Fsp3) is 0.238. The van der Waals surface area contributed by atoms with Gasteiger partial charge in [0.2, 0.25) is 5.78 Å². The Kier molecular flexibility index (Phi) is 7.72. The first-order chi connectivity index (χ1) is 14.7. The van der Waals surface area contributed by atoms with E-state index in [0.29, 0.717) is 32.8 Å². The van der Waals surface area contributed by atoms with Crippen molar-refractivity contribution in [2.24, 2.45) is 0 Å². The monoisotopic (exact) mass is 499 g/mol. The first-order valence-corrected chi connectivity index (χ1v) is 12.4. The maximum atomic E-state index is 12.7. The average Bonchev–Trinajstić information content (AvgIpc) is 3.06. The molecule has 1 heterocycles. The second kappa shape index (κ2) is 10.1. The Bertz CT molecular complexity index is 1170. The molecule has 0 fully saturated rings. The number of ketones is 1. The summed E-state index contributed by atoms with van der Waals surface area (Å²) in [6.07, 6.45) is 0.453. The van der Waals surface area contributed by atoms with Crippen LogP contribution in [0.25, 0.3) is 0 Å². The lowest BCUT2D eigenvalue weighted by atomic mass is 10.2. The Morgan fingerprint density at radius 3 is 2.39 bits per heavy atom. The maximum Gasteiger partial charge on any atom is 0.228 e. The van der Waals surface area contributed by atoms with Crippen LogP contribution in [0, 0.1) is 6.92 Å². The molecule has 0 bridgehead atoms. The molecule has 0 saturated carbocycles. The number of hydrogen-bond donors (Lipinski definition) is 1. The van der Waals surface area contributed by atoms with Crippen molar-refractivity contribution in [1.29, 1.82) is 0 Å². The van der Waals surface area contributed by atoms with Crippen LogP contribution in [0.3, 0.4) is 0 Å². The van der Waals surface area contributed by atoms with Gasteiger partial charge in [0, 0.05) is 28.0 Å². The van der Waals surface area contributed by atoms with Gasteiger partial charge in [-0.2, -0.15) is 0 Å². The summed E-state index contributed by atoms with van der Waals surface area (Å²) >= 11 is 13.1. The van der Waals surface area contributed by atoms with Crippen LogP contribution in [0.2, 0.25) is 10.0 Å². The molecule has 3 rings (SSSR count). The number of aryl methyl sites for hydroxylation is 1. The molecule has 3 aromatic rings. The highest BCUT2D eigenvalue weighted by atomic mass is 35.5. The van der Waals surface area contributed by atoms with E-state index in [1.54, 1.807) is 19.1 Å². The van der Waals surface area contributed by atoms with Gasteiger partial charge in [0.15, 0.2) is 21.5 Å². The van der Waals surface area contributed by atoms with E-state index >= 15 is 0 Å². The number of hydrogen-bond acceptors (Lipinski definition) is 7. The normalized spacial score (nSPS) is 11.5. The lowest BCUT2D eigenvalue weighted by molar-refractivity contribution is 0.0921. The number of rotatable bonds is 9. The average molecular weight is 500 g/mol. The summed E-state index contributed by atoms with van der Waals surface area (Å²) < 4.78 is 30.8. The Hall–Kier alpha value is -1.97. The fourth-order valence-electron chi connectivity index (χ4n) is 2.83. The summed E-state index contributed by atoms with van der Waals surface area (Å²) in [5, 5.41) is 10.1. The first kappa shape index (κ1) is 23.7. The molecule has 164 valence electrons. The lowest BCUT2D eigenvalue weighted by Gasteiger charge is -2.08. The summed E-state index contributed by atoms with van der Waals surface area (Å²) in [4.78, 5) is 17.5. The van der Waals surface area contributed by atoms with Crippen molar-refractivity contribution < 1.29 is 23.1 Å². The number of halogens is 2. The summed E-state index contributed by atoms with van der Waals surface area (Å²) in [6, 6.07) is 10.5. The van der Waals surface area contributed by atoms with Crippen LogP contribution < -0.4 is 4.74 Å². The number of aliphatic hydroxyl groups excluding tert-OH is 1. The second-order valence-electron chi connectivity index (χ2n) is 6.72. The zero-order chi connectivity index (χ0) is 22.6. The molecule has 1 aromatic heterocycles. The predicted octanol–water partition coefficient (Wildman–Crippen LogP) is 4.53. The van der Waals surface area contributed by atoms with Gasteiger partial charge >= 0.3 is 0 Å². The molecule has 2 aromatic carbocycles. The Labute approximate surface area is 194 Å². The van der Waals surface area contributed by atoms with Crippen LogP contribution >= 0.6 is 34.5 Å². The molecule has 10 heteroatoms. The number of aliphatic hydroxyl groups is 1. The number of nitrogens with zero attached hydrogens (tertiary/aromatic N) is 1. The molecule has 31 heavy (non-hydrogen) atoms. The summed E-state index contributed by atoms with van der Waals surface area (Å²) in [7, 11) is -3.61. The van der Waals surface area contributed by atoms with Crippen molar-refractivity contribution in [1.82, 2.24) is 4.98 Å². The standard InChI is InChI=1S/C21H19Cl2NO5S2/c1-13-20(6-7-25)30-21(24-13)19(26)11-29-17-2-4-18(5-3-17)31(27,28)12-14-8-15(22)10-16(23)9-14/h2-5,8-10,25H,6-7,11-12H2,1H3. The van der Waals surface area contributed by atoms with E-state index in [0.717, 1.165) is 10.6 Å². The van der Waals surface area contributed by atoms with Crippen molar-refractivity contribution in [2.75, 3.05) is 13.2 Å². The third kappa shape index (κ3) is 6.27. The van der Waals surface area contributed by atoms with Gasteiger partial charge < -0.3 is 9.84 Å². The van der Waals surface area contributed by atoms with E-state index < -0.39 is 9.84 Å². The molecule has 0 saturated heterocycles. The van der Waals surface area contributed by atoms with E-state index in [2.05, 4.69) is 4.98 Å². The van der Waals surface area contributed by atoms with Crippen molar-refractivity contribution in [3.05, 3.63) is 73.7 Å². The molecule has 6 nitrogen and oxygen atoms in total. The number of aromatic nitrogens is 1. The van der Waals surface area contributed by atoms with Crippen LogP contribution in [-0.2, 0) is 22.0 Å². The van der Waals surface area contributed by atoms with Crippen molar-refractivity contribution in [2.45, 2.75) is 24.0 Å². The van der Waals surface area contributed by atoms with E-state index in [1.807, 2.05) is 0 Å². The number of thiazole rings is 1. The summed E-state index contributed by atoms with van der Waals surface area (Å²) in [6.45, 7) is 1.56. The van der Waals surface area contributed by atoms with Gasteiger partial charge in [-0.3, -0.25) is 4.79 Å². The highest BCUT2D eigenvalue weighted by Gasteiger charge is 2.18. The smallest absolute Gasteiger partial charge is 0.228 e. The zero-order valence-corrected chi connectivity index (χ0v) is 19.6. The number of sulfone groups is 1. The minimum atomic E-state index is -3.61. The van der Waals surface area contributed by atoms with Crippen LogP contribution in [0.5, 0.6) is 5.75 Å². The quantitative estimate of drug-likeness (QED) is 0.434. The van der Waals surface area contributed by atoms with Gasteiger partial charge in [-0.05, 0) is 55.0 Å². The SMILES string of the molecule is Cc1nc(C(=O)COc2ccc(S(=O)(=O)Cc3cc(Cl)cc(Cl)c3)cc2)sc1CCO. The van der Waals surface area contributed by atoms with Gasteiger partial charge in [-0.1, -0.05) is 23.2 Å². The molecule has 0 spiro atoms. The molecular formula is C21H19Cl2NO5S2. The highest BCUT2D eigenvalue weighted by molar-refractivity contribution is 7.90. The Balaban J connectivity index is 1.64. The highest BCUT2D eigenvalue weighted by Crippen LogP contribution is 2.25. The number of ether oxygens (including phenoxy) is 1. The van der Waals surface area contributed by atoms with Crippen molar-refractivity contribution in [3.63, 3.8) is 0 Å². The van der Waals surface area contributed by atoms with E-state index in [9.17, 15) is 13.2 Å². The molecule has 1 N–H and O–H groups in total. The first-order valence-electron chi connectivity index (χ1n) is 9.19. The van der Waals surface area contributed by atoms with Crippen LogP contribution in [-0.4, -0.2) is 37.5 Å². The molecule has 0 unspecified atom stereocenters. The minimum absolute atomic E-state index is 0.00717. The number of carbonyl (C=O) groups is 1. The molecule has 0 amide bonds. The summed E-state index contributed by atoms with van der Waals surface area (Å²) in [5.74, 6) is -0.167. The van der Waals surface area contributed by atoms with Crippen LogP contribution in [0.15, 0.2) is 47.4 Å².